The van der Waals surface area contributed by atoms with E-state index in [0.29, 0.717) is 0 Å². The van der Waals surface area contributed by atoms with Crippen LogP contribution in [-0.2, 0) is 9.90 Å². The third kappa shape index (κ3) is 0.814. The Balaban J connectivity index is 0. The van der Waals surface area contributed by atoms with Gasteiger partial charge in [-0.05, 0) is 0 Å². The minimum atomic E-state index is -0.500. The molecule has 0 aliphatic carbocycles. The third-order valence-corrected chi connectivity index (χ3v) is 0. The highest BCUT2D eigenvalue weighted by Crippen LogP contribution is 1.02. The molecule has 1 radical (unpaired) electrons. The van der Waals surface area contributed by atoms with Crippen molar-refractivity contribution < 1.29 is 9.90 Å². The largest absolute Gasteiger partial charge is 0.344 e. The van der Waals surface area contributed by atoms with Gasteiger partial charge in [0.2, 0.25) is 0 Å². The lowest BCUT2D eigenvalue weighted by Gasteiger charge is -1.21. The summed E-state index contributed by atoms with van der Waals surface area (Å²) in [5.74, 6) is 0. The molecule has 25 valence electrons. The van der Waals surface area contributed by atoms with Gasteiger partial charge in [0, 0.05) is 0 Å². The predicted molar refractivity (Wildman–Crippen MR) is 11.8 cm³/mol. The van der Waals surface area contributed by atoms with E-state index in [0.717, 1.165) is 0 Å². The summed E-state index contributed by atoms with van der Waals surface area (Å²) in [5.41, 5.74) is 0. The molecule has 0 saturated carbocycles. The molecule has 3 heteroatoms. The van der Waals surface area contributed by atoms with Crippen molar-refractivity contribution in [2.75, 3.05) is 0 Å². The Kier molecular flexibility index (Phi) is 66.5. The zero-order valence-electron chi connectivity index (χ0n) is 2.10. The van der Waals surface area contributed by atoms with Gasteiger partial charge in [-0.25, -0.2) is 0 Å². The first-order valence-electron chi connectivity index (χ1n) is 0.471. The second-order valence-electron chi connectivity index (χ2n) is 0.0962. The number of hydrogen-bond donors (Lipinski definition) is 1. The van der Waals surface area contributed by atoms with Crippen LogP contribution < -0.4 is 6.15 Å². The lowest BCUT2D eigenvalue weighted by molar-refractivity contribution is -0.128. The molecule has 0 aliphatic heterocycles. The first-order valence-corrected chi connectivity index (χ1v) is 0.471. The molecule has 0 bridgehead atoms. The molecule has 0 aliphatic rings. The van der Waals surface area contributed by atoms with Crippen molar-refractivity contribution in [3.8, 4) is 0 Å². The molecule has 0 amide bonds. The fourth-order valence-corrected chi connectivity index (χ4v) is 0. The van der Waals surface area contributed by atoms with E-state index in [1.54, 1.807) is 0 Å². The van der Waals surface area contributed by atoms with Crippen LogP contribution in [0, 0.1) is 0 Å². The molecular weight excluding hydrogens is 58.0 g/mol. The molecule has 0 saturated heterocycles. The first kappa shape index (κ1) is 9.90. The predicted octanol–water partition coefficient (Wildman–Crippen LogP) is -0.265. The molecule has 0 unspecified atom stereocenters. The molecule has 0 spiro atoms. The van der Waals surface area contributed by atoms with Crippen molar-refractivity contribution in [3.63, 3.8) is 0 Å². The van der Waals surface area contributed by atoms with E-state index < -0.39 is 6.47 Å². The van der Waals surface area contributed by atoms with Gasteiger partial charge in [0.1, 0.15) is 0 Å². The minimum Gasteiger partial charge on any atom is -0.344 e. The number of rotatable bonds is 0. The summed E-state index contributed by atoms with van der Waals surface area (Å²) in [7, 11) is 0. The van der Waals surface area contributed by atoms with Gasteiger partial charge in [-0.2, -0.15) is 0 Å². The summed E-state index contributed by atoms with van der Waals surface area (Å²) >= 11 is 0. The molecule has 3 N–H and O–H groups in total. The Morgan fingerprint density at radius 1 is 1.50 bits per heavy atom. The fourth-order valence-electron chi connectivity index (χ4n) is 0. The molecule has 0 atom stereocenters. The topological polar surface area (TPSA) is 72.0 Å². The average molecular weight is 62.0 g/mol. The van der Waals surface area contributed by atoms with Gasteiger partial charge in [-0.15, -0.1) is 0 Å². The van der Waals surface area contributed by atoms with Gasteiger partial charge >= 0.3 is 6.47 Å². The molecule has 0 aromatic rings. The molecule has 3 nitrogen and oxygen atoms in total. The van der Waals surface area contributed by atoms with Crippen LogP contribution in [0.15, 0.2) is 0 Å². The van der Waals surface area contributed by atoms with E-state index in [1.807, 2.05) is 0 Å². The maximum absolute atomic E-state index is 8.25. The SMILES string of the molecule is N.[O]C=O. The molecule has 0 aromatic heterocycles. The van der Waals surface area contributed by atoms with Gasteiger partial charge in [-0.1, -0.05) is 0 Å². The first-order chi connectivity index (χ1) is 1.41. The summed E-state index contributed by atoms with van der Waals surface area (Å²) in [4.78, 5) is 8.25. The normalized spacial score (nSPS) is 3.00. The van der Waals surface area contributed by atoms with Crippen LogP contribution in [0.25, 0.3) is 0 Å². The fraction of sp³-hybridized carbons (Fsp3) is 0. The lowest BCUT2D eigenvalue weighted by atomic mass is 11.7. The van der Waals surface area contributed by atoms with E-state index in [-0.39, 0.29) is 6.15 Å². The van der Waals surface area contributed by atoms with E-state index in [4.69, 9.17) is 9.90 Å². The highest BCUT2D eigenvalue weighted by molar-refractivity contribution is 5.32. The highest BCUT2D eigenvalue weighted by Gasteiger charge is 1.31. The second kappa shape index (κ2) is 26.9. The van der Waals surface area contributed by atoms with Crippen molar-refractivity contribution in [1.29, 1.82) is 0 Å². The van der Waals surface area contributed by atoms with Crippen LogP contribution in [0.4, 0.5) is 0 Å². The Morgan fingerprint density at radius 2 is 1.50 bits per heavy atom. The zero-order valence-corrected chi connectivity index (χ0v) is 2.10. The summed E-state index contributed by atoms with van der Waals surface area (Å²) < 4.78 is 0. The Hall–Kier alpha value is -0.570. The van der Waals surface area contributed by atoms with Crippen LogP contribution >= 0.6 is 0 Å². The molecule has 0 fully saturated rings. The molecular formula is CH4NO2. The second-order valence-corrected chi connectivity index (χ2v) is 0.0962. The van der Waals surface area contributed by atoms with Gasteiger partial charge in [-0.3, -0.25) is 9.90 Å². The maximum Gasteiger partial charge on any atom is 0.344 e. The van der Waals surface area contributed by atoms with Crippen LogP contribution in [0.5, 0.6) is 0 Å². The van der Waals surface area contributed by atoms with E-state index in [2.05, 4.69) is 0 Å². The van der Waals surface area contributed by atoms with E-state index in [9.17, 15) is 0 Å². The molecule has 0 heterocycles. The Morgan fingerprint density at radius 3 is 1.50 bits per heavy atom. The molecule has 0 rings (SSSR count). The van der Waals surface area contributed by atoms with Gasteiger partial charge in [0.25, 0.3) is 0 Å². The smallest absolute Gasteiger partial charge is 0.344 e. The van der Waals surface area contributed by atoms with Crippen molar-refractivity contribution in [1.82, 2.24) is 6.15 Å². The lowest BCUT2D eigenvalue weighted by Crippen LogP contribution is -1.43. The average Bonchev–Trinajstić information content (AvgIpc) is 0.918. The quantitative estimate of drug-likeness (QED) is 0.392. The Labute approximate surface area is 23.8 Å². The number of carbonyl (C=O) groups excluding carboxylic acids is 1. The van der Waals surface area contributed by atoms with E-state index >= 15 is 0 Å². The highest BCUT2D eigenvalue weighted by atomic mass is 16.3. The summed E-state index contributed by atoms with van der Waals surface area (Å²) in [6.07, 6.45) is 0. The van der Waals surface area contributed by atoms with Crippen molar-refractivity contribution in [3.05, 3.63) is 0 Å². The summed E-state index contributed by atoms with van der Waals surface area (Å²) in [6.45, 7) is -0.500. The zero-order chi connectivity index (χ0) is 2.71. The molecule has 4 heavy (non-hydrogen) atoms. The number of carbonyl (C=O) groups is 1. The van der Waals surface area contributed by atoms with Crippen molar-refractivity contribution >= 4 is 6.47 Å². The summed E-state index contributed by atoms with van der Waals surface area (Å²) in [6, 6.07) is 0. The minimum absolute atomic E-state index is 0. The summed E-state index contributed by atoms with van der Waals surface area (Å²) in [5, 5.41) is 8.25. The van der Waals surface area contributed by atoms with Gasteiger partial charge < -0.3 is 6.15 Å². The molecule has 0 aromatic carbocycles. The van der Waals surface area contributed by atoms with Gasteiger partial charge in [0.15, 0.2) is 0 Å². The van der Waals surface area contributed by atoms with E-state index in [1.165, 1.54) is 0 Å². The monoisotopic (exact) mass is 62.0 g/mol. The van der Waals surface area contributed by atoms with Crippen LogP contribution in [0.1, 0.15) is 0 Å². The van der Waals surface area contributed by atoms with Crippen LogP contribution in [0.2, 0.25) is 0 Å². The van der Waals surface area contributed by atoms with Crippen LogP contribution in [0.3, 0.4) is 0 Å². The third-order valence-electron chi connectivity index (χ3n) is 0. The van der Waals surface area contributed by atoms with Gasteiger partial charge in [0.05, 0.1) is 0 Å². The Bertz CT molecular complexity index is 13.5. The standard InChI is InChI=1S/CHO2.H3N/c2-1-3;/h1H;1H3. The maximum atomic E-state index is 8.25. The van der Waals surface area contributed by atoms with Crippen molar-refractivity contribution in [2.45, 2.75) is 0 Å². The van der Waals surface area contributed by atoms with Crippen molar-refractivity contribution in [2.24, 2.45) is 0 Å². The van der Waals surface area contributed by atoms with Crippen LogP contribution in [-0.4, -0.2) is 6.47 Å². The number of hydrogen-bond acceptors (Lipinski definition) is 2.